The molecular formula is C14H14BrF2N3O. The highest BCUT2D eigenvalue weighted by Gasteiger charge is 2.27. The smallest absolute Gasteiger partial charge is 0.270 e. The van der Waals surface area contributed by atoms with Gasteiger partial charge in [0.25, 0.3) is 5.91 Å². The maximum atomic E-state index is 13.9. The van der Waals surface area contributed by atoms with Crippen molar-refractivity contribution < 1.29 is 13.6 Å². The van der Waals surface area contributed by atoms with Crippen LogP contribution >= 0.6 is 15.9 Å². The Morgan fingerprint density at radius 2 is 2.19 bits per heavy atom. The van der Waals surface area contributed by atoms with E-state index in [9.17, 15) is 13.6 Å². The van der Waals surface area contributed by atoms with E-state index in [-0.39, 0.29) is 27.6 Å². The molecule has 1 amide bonds. The Morgan fingerprint density at radius 3 is 2.86 bits per heavy atom. The zero-order valence-corrected chi connectivity index (χ0v) is 12.9. The van der Waals surface area contributed by atoms with Gasteiger partial charge in [0, 0.05) is 24.5 Å². The average molecular weight is 358 g/mol. The molecule has 2 aromatic rings. The van der Waals surface area contributed by atoms with Gasteiger partial charge in [-0.1, -0.05) is 0 Å². The minimum absolute atomic E-state index is 0.0170. The van der Waals surface area contributed by atoms with Crippen molar-refractivity contribution >= 4 is 32.7 Å². The minimum Gasteiger partial charge on any atom is -0.348 e. The predicted molar refractivity (Wildman–Crippen MR) is 79.3 cm³/mol. The van der Waals surface area contributed by atoms with Crippen LogP contribution in [-0.2, 0) is 0 Å². The number of nitrogens with zero attached hydrogens (tertiary/aromatic N) is 1. The quantitative estimate of drug-likeness (QED) is 0.811. The number of hydrogen-bond acceptors (Lipinski definition) is 2. The molecule has 0 unspecified atom stereocenters. The fourth-order valence-electron chi connectivity index (χ4n) is 2.65. The number of likely N-dealkylation sites (N-methyl/N-ethyl adjacent to an activating group) is 1. The topological polar surface area (TPSA) is 48.1 Å². The van der Waals surface area contributed by atoms with Crippen molar-refractivity contribution in [2.24, 2.45) is 0 Å². The van der Waals surface area contributed by atoms with Crippen LogP contribution in [0.1, 0.15) is 16.9 Å². The van der Waals surface area contributed by atoms with Gasteiger partial charge < -0.3 is 15.2 Å². The van der Waals surface area contributed by atoms with Gasteiger partial charge in [0.2, 0.25) is 0 Å². The first kappa shape index (κ1) is 14.5. The third-order valence-electron chi connectivity index (χ3n) is 3.87. The van der Waals surface area contributed by atoms with Crippen LogP contribution in [0.3, 0.4) is 0 Å². The Kier molecular flexibility index (Phi) is 3.71. The summed E-state index contributed by atoms with van der Waals surface area (Å²) in [4.78, 5) is 16.8. The van der Waals surface area contributed by atoms with E-state index in [2.05, 4.69) is 26.2 Å². The molecule has 1 atom stereocenters. The molecule has 1 aromatic carbocycles. The van der Waals surface area contributed by atoms with E-state index in [1.807, 2.05) is 7.05 Å². The van der Waals surface area contributed by atoms with Gasteiger partial charge in [-0.05, 0) is 41.5 Å². The highest BCUT2D eigenvalue weighted by atomic mass is 79.9. The second-order valence-electron chi connectivity index (χ2n) is 5.16. The normalized spacial score (nSPS) is 18.7. The van der Waals surface area contributed by atoms with E-state index < -0.39 is 11.6 Å². The standard InChI is InChI=1S/C14H14BrF2N3O/c1-18-8-2-3-20(6-8)14(21)10-5-7-4-9(15)11(16)12(17)13(7)19-10/h4-5,8,18-19H,2-3,6H2,1H3/t8-/m1/s1. The van der Waals surface area contributed by atoms with E-state index >= 15 is 0 Å². The van der Waals surface area contributed by atoms with E-state index in [4.69, 9.17) is 0 Å². The molecule has 1 aromatic heterocycles. The van der Waals surface area contributed by atoms with Crippen LogP contribution < -0.4 is 5.32 Å². The average Bonchev–Trinajstić information content (AvgIpc) is 3.10. The lowest BCUT2D eigenvalue weighted by atomic mass is 10.2. The number of hydrogen-bond donors (Lipinski definition) is 2. The van der Waals surface area contributed by atoms with E-state index in [0.717, 1.165) is 6.42 Å². The van der Waals surface area contributed by atoms with Gasteiger partial charge >= 0.3 is 0 Å². The van der Waals surface area contributed by atoms with Crippen LogP contribution in [0.25, 0.3) is 10.9 Å². The third kappa shape index (κ3) is 2.44. The number of likely N-dealkylation sites (tertiary alicyclic amines) is 1. The summed E-state index contributed by atoms with van der Waals surface area (Å²) in [5, 5.41) is 3.60. The SMILES string of the molecule is CN[C@@H]1CCN(C(=O)c2cc3cc(Br)c(F)c(F)c3[nH]2)C1. The molecule has 0 saturated carbocycles. The fraction of sp³-hybridized carbons (Fsp3) is 0.357. The van der Waals surface area contributed by atoms with Crippen molar-refractivity contribution in [3.8, 4) is 0 Å². The Hall–Kier alpha value is -1.47. The van der Waals surface area contributed by atoms with Crippen LogP contribution in [0.5, 0.6) is 0 Å². The highest BCUT2D eigenvalue weighted by Crippen LogP contribution is 2.28. The monoisotopic (exact) mass is 357 g/mol. The molecule has 2 heterocycles. The number of rotatable bonds is 2. The van der Waals surface area contributed by atoms with Crippen molar-refractivity contribution in [3.05, 3.63) is 33.9 Å². The lowest BCUT2D eigenvalue weighted by molar-refractivity contribution is 0.0785. The summed E-state index contributed by atoms with van der Waals surface area (Å²) < 4.78 is 27.4. The third-order valence-corrected chi connectivity index (χ3v) is 4.44. The van der Waals surface area contributed by atoms with Crippen molar-refractivity contribution in [3.63, 3.8) is 0 Å². The molecule has 0 bridgehead atoms. The van der Waals surface area contributed by atoms with Crippen molar-refractivity contribution in [2.45, 2.75) is 12.5 Å². The molecule has 2 N–H and O–H groups in total. The Bertz CT molecular complexity index is 716. The predicted octanol–water partition coefficient (Wildman–Crippen LogP) is 2.64. The summed E-state index contributed by atoms with van der Waals surface area (Å²) >= 11 is 2.96. The first-order valence-electron chi connectivity index (χ1n) is 6.64. The highest BCUT2D eigenvalue weighted by molar-refractivity contribution is 9.10. The first-order chi connectivity index (χ1) is 10.0. The zero-order valence-electron chi connectivity index (χ0n) is 11.3. The summed E-state index contributed by atoms with van der Waals surface area (Å²) in [5.41, 5.74) is 0.293. The Labute approximate surface area is 128 Å². The Morgan fingerprint density at radius 1 is 1.43 bits per heavy atom. The second-order valence-corrected chi connectivity index (χ2v) is 6.01. The maximum Gasteiger partial charge on any atom is 0.270 e. The van der Waals surface area contributed by atoms with Gasteiger partial charge in [0.1, 0.15) is 5.69 Å². The molecule has 3 rings (SSSR count). The number of nitrogens with one attached hydrogen (secondary N) is 2. The fourth-order valence-corrected chi connectivity index (χ4v) is 3.07. The zero-order chi connectivity index (χ0) is 15.1. The molecule has 0 spiro atoms. The van der Waals surface area contributed by atoms with Gasteiger partial charge in [0.15, 0.2) is 11.6 Å². The molecule has 21 heavy (non-hydrogen) atoms. The summed E-state index contributed by atoms with van der Waals surface area (Å²) in [6.45, 7) is 1.27. The largest absolute Gasteiger partial charge is 0.348 e. The van der Waals surface area contributed by atoms with E-state index in [1.54, 1.807) is 11.0 Å². The summed E-state index contributed by atoms with van der Waals surface area (Å²) in [7, 11) is 1.86. The van der Waals surface area contributed by atoms with Crippen LogP contribution in [-0.4, -0.2) is 42.0 Å². The van der Waals surface area contributed by atoms with Crippen molar-refractivity contribution in [2.75, 3.05) is 20.1 Å². The molecule has 0 aliphatic carbocycles. The minimum atomic E-state index is -0.979. The number of H-pyrrole nitrogens is 1. The number of carbonyl (C=O) groups excluding carboxylic acids is 1. The van der Waals surface area contributed by atoms with Crippen molar-refractivity contribution in [1.82, 2.24) is 15.2 Å². The number of benzene rings is 1. The summed E-state index contributed by atoms with van der Waals surface area (Å²) in [6.07, 6.45) is 0.886. The lowest BCUT2D eigenvalue weighted by Gasteiger charge is -2.15. The molecular weight excluding hydrogens is 344 g/mol. The van der Waals surface area contributed by atoms with Gasteiger partial charge in [-0.2, -0.15) is 0 Å². The van der Waals surface area contributed by atoms with Gasteiger partial charge in [-0.25, -0.2) is 8.78 Å². The number of aromatic nitrogens is 1. The van der Waals surface area contributed by atoms with Crippen LogP contribution in [0.2, 0.25) is 0 Å². The van der Waals surface area contributed by atoms with Gasteiger partial charge in [-0.15, -0.1) is 0 Å². The number of fused-ring (bicyclic) bond motifs is 1. The molecule has 7 heteroatoms. The number of halogens is 3. The van der Waals surface area contributed by atoms with E-state index in [0.29, 0.717) is 18.5 Å². The molecule has 1 aliphatic heterocycles. The lowest BCUT2D eigenvalue weighted by Crippen LogP contribution is -2.33. The van der Waals surface area contributed by atoms with Gasteiger partial charge in [0.05, 0.1) is 9.99 Å². The summed E-state index contributed by atoms with van der Waals surface area (Å²) in [6, 6.07) is 3.29. The molecule has 112 valence electrons. The van der Waals surface area contributed by atoms with Gasteiger partial charge in [-0.3, -0.25) is 4.79 Å². The maximum absolute atomic E-state index is 13.9. The number of amides is 1. The summed E-state index contributed by atoms with van der Waals surface area (Å²) in [5.74, 6) is -2.13. The molecule has 1 aliphatic rings. The molecule has 4 nitrogen and oxygen atoms in total. The van der Waals surface area contributed by atoms with E-state index in [1.165, 1.54) is 6.07 Å². The molecule has 1 saturated heterocycles. The first-order valence-corrected chi connectivity index (χ1v) is 7.43. The number of carbonyl (C=O) groups is 1. The number of aromatic amines is 1. The second kappa shape index (κ2) is 5.38. The molecule has 1 fully saturated rings. The van der Waals surface area contributed by atoms with Crippen molar-refractivity contribution in [1.29, 1.82) is 0 Å². The Balaban J connectivity index is 1.95. The van der Waals surface area contributed by atoms with Crippen LogP contribution in [0.15, 0.2) is 16.6 Å². The van der Waals surface area contributed by atoms with Crippen LogP contribution in [0, 0.1) is 11.6 Å². The van der Waals surface area contributed by atoms with Crippen LogP contribution in [0.4, 0.5) is 8.78 Å². The molecule has 0 radical (unpaired) electrons.